The minimum Gasteiger partial charge on any atom is -0.493 e. The monoisotopic (exact) mass is 669 g/mol. The number of benzene rings is 2. The van der Waals surface area contributed by atoms with Gasteiger partial charge in [-0.05, 0) is 44.9 Å². The SMILES string of the molecule is COc1cc(C2=N[C@@H](C(C)C)CO2)c(-c2c(I)c([Si](C)(C)C)c3c(c2[Si](C)(C)C)OCO3)c(OC)c1OC. The van der Waals surface area contributed by atoms with Crippen molar-refractivity contribution >= 4 is 55.0 Å². The highest BCUT2D eigenvalue weighted by atomic mass is 127. The minimum absolute atomic E-state index is 0.0850. The summed E-state index contributed by atoms with van der Waals surface area (Å²) in [5, 5.41) is 2.45. The molecule has 0 saturated heterocycles. The second-order valence-corrected chi connectivity index (χ2v) is 23.2. The standard InChI is InChI=1S/C28H40INO6Si2/c1-15(2)17-13-34-28(30-17)16-12-18(31-3)22(32-4)23(33-5)19(16)20-21(29)27(38(9,10)11)25-24(35-14-36-25)26(20)37(6,7)8/h12,15,17H,13-14H2,1-11H3/t17-/m1/s1. The Hall–Kier alpha value is -1.93. The van der Waals surface area contributed by atoms with Crippen LogP contribution in [-0.4, -0.2) is 62.8 Å². The van der Waals surface area contributed by atoms with E-state index in [0.29, 0.717) is 35.7 Å². The fraction of sp³-hybridized carbons (Fsp3) is 0.536. The highest BCUT2D eigenvalue weighted by Crippen LogP contribution is 2.50. The molecule has 0 amide bonds. The van der Waals surface area contributed by atoms with E-state index in [2.05, 4.69) is 75.7 Å². The van der Waals surface area contributed by atoms with Gasteiger partial charge in [0.05, 0.1) is 49.1 Å². The lowest BCUT2D eigenvalue weighted by Gasteiger charge is -2.31. The van der Waals surface area contributed by atoms with Crippen LogP contribution in [0.15, 0.2) is 11.1 Å². The Kier molecular flexibility index (Phi) is 8.08. The van der Waals surface area contributed by atoms with Gasteiger partial charge in [0.15, 0.2) is 23.0 Å². The maximum atomic E-state index is 6.27. The summed E-state index contributed by atoms with van der Waals surface area (Å²) in [6.45, 7) is 19.1. The summed E-state index contributed by atoms with van der Waals surface area (Å²) in [5.41, 5.74) is 2.83. The second-order valence-electron chi connectivity index (χ2n) is 12.1. The zero-order valence-electron chi connectivity index (χ0n) is 24.4. The first-order chi connectivity index (χ1) is 17.8. The Bertz CT molecular complexity index is 1280. The Morgan fingerprint density at radius 2 is 1.42 bits per heavy atom. The molecule has 2 heterocycles. The first kappa shape index (κ1) is 29.1. The van der Waals surface area contributed by atoms with E-state index in [0.717, 1.165) is 31.8 Å². The highest BCUT2D eigenvalue weighted by Gasteiger charge is 2.41. The molecule has 10 heteroatoms. The van der Waals surface area contributed by atoms with Crippen molar-refractivity contribution < 1.29 is 28.4 Å². The Morgan fingerprint density at radius 1 is 0.842 bits per heavy atom. The van der Waals surface area contributed by atoms with Crippen molar-refractivity contribution in [2.75, 3.05) is 34.7 Å². The smallest absolute Gasteiger partial charge is 0.231 e. The largest absolute Gasteiger partial charge is 0.493 e. The lowest BCUT2D eigenvalue weighted by molar-refractivity contribution is 0.175. The van der Waals surface area contributed by atoms with E-state index in [1.807, 2.05) is 6.07 Å². The molecule has 4 rings (SSSR count). The lowest BCUT2D eigenvalue weighted by Crippen LogP contribution is -2.46. The minimum atomic E-state index is -2.01. The molecule has 0 spiro atoms. The molecule has 0 aliphatic carbocycles. The maximum absolute atomic E-state index is 6.27. The van der Waals surface area contributed by atoms with Gasteiger partial charge in [-0.25, -0.2) is 4.99 Å². The van der Waals surface area contributed by atoms with E-state index in [1.165, 1.54) is 10.4 Å². The zero-order chi connectivity index (χ0) is 28.2. The average molecular weight is 670 g/mol. The van der Waals surface area contributed by atoms with Gasteiger partial charge in [-0.2, -0.15) is 0 Å². The molecule has 2 aliphatic heterocycles. The van der Waals surface area contributed by atoms with Gasteiger partial charge in [0, 0.05) is 14.7 Å². The molecule has 0 fully saturated rings. The first-order valence-electron chi connectivity index (χ1n) is 13.0. The maximum Gasteiger partial charge on any atom is 0.231 e. The van der Waals surface area contributed by atoms with E-state index in [-0.39, 0.29) is 12.8 Å². The van der Waals surface area contributed by atoms with E-state index >= 15 is 0 Å². The van der Waals surface area contributed by atoms with Crippen LogP contribution >= 0.6 is 22.6 Å². The van der Waals surface area contributed by atoms with Crippen molar-refractivity contribution in [3.8, 4) is 39.9 Å². The fourth-order valence-corrected chi connectivity index (χ4v) is 12.2. The summed E-state index contributed by atoms with van der Waals surface area (Å²) >= 11 is 2.51. The molecule has 0 unspecified atom stereocenters. The molecular formula is C28H40INO6Si2. The summed E-state index contributed by atoms with van der Waals surface area (Å²) in [7, 11) is 1.06. The van der Waals surface area contributed by atoms with Gasteiger partial charge >= 0.3 is 0 Å². The van der Waals surface area contributed by atoms with Crippen LogP contribution in [0.25, 0.3) is 11.1 Å². The summed E-state index contributed by atoms with van der Waals surface area (Å²) < 4.78 is 37.7. The second kappa shape index (κ2) is 10.6. The van der Waals surface area contributed by atoms with E-state index < -0.39 is 16.1 Å². The molecule has 2 aromatic carbocycles. The number of nitrogens with zero attached hydrogens (tertiary/aromatic N) is 1. The van der Waals surface area contributed by atoms with Crippen LogP contribution in [-0.2, 0) is 4.74 Å². The van der Waals surface area contributed by atoms with Crippen LogP contribution in [0.3, 0.4) is 0 Å². The van der Waals surface area contributed by atoms with Gasteiger partial charge in [0.25, 0.3) is 0 Å². The van der Waals surface area contributed by atoms with Gasteiger partial charge in [-0.15, -0.1) is 0 Å². The normalized spacial score (nSPS) is 17.0. The Morgan fingerprint density at radius 3 is 1.89 bits per heavy atom. The number of aliphatic imine (C=N–C) groups is 1. The number of hydrogen-bond donors (Lipinski definition) is 0. The number of rotatable bonds is 8. The molecule has 0 aromatic heterocycles. The Labute approximate surface area is 242 Å². The van der Waals surface area contributed by atoms with E-state index in [4.69, 9.17) is 33.4 Å². The molecule has 0 bridgehead atoms. The number of fused-ring (bicyclic) bond motifs is 1. The van der Waals surface area contributed by atoms with Crippen molar-refractivity contribution in [2.45, 2.75) is 59.2 Å². The van der Waals surface area contributed by atoms with Crippen molar-refractivity contribution in [1.29, 1.82) is 0 Å². The first-order valence-corrected chi connectivity index (χ1v) is 21.0. The lowest BCUT2D eigenvalue weighted by atomic mass is 9.96. The summed E-state index contributed by atoms with van der Waals surface area (Å²) in [4.78, 5) is 5.02. The topological polar surface area (TPSA) is 67.7 Å². The molecule has 0 N–H and O–H groups in total. The van der Waals surface area contributed by atoms with Crippen LogP contribution < -0.4 is 34.1 Å². The molecule has 38 heavy (non-hydrogen) atoms. The summed E-state index contributed by atoms with van der Waals surface area (Å²) in [5.74, 6) is 4.44. The number of ether oxygens (including phenoxy) is 6. The summed E-state index contributed by atoms with van der Waals surface area (Å²) in [6.07, 6.45) is 0. The van der Waals surface area contributed by atoms with Gasteiger partial charge in [0.2, 0.25) is 18.4 Å². The van der Waals surface area contributed by atoms with Crippen LogP contribution in [0.2, 0.25) is 39.3 Å². The number of hydrogen-bond acceptors (Lipinski definition) is 7. The van der Waals surface area contributed by atoms with E-state index in [1.54, 1.807) is 21.3 Å². The molecule has 2 aliphatic rings. The third-order valence-electron chi connectivity index (χ3n) is 7.01. The quantitative estimate of drug-likeness (QED) is 0.269. The molecule has 208 valence electrons. The molecular weight excluding hydrogens is 629 g/mol. The van der Waals surface area contributed by atoms with Crippen molar-refractivity contribution in [3.05, 3.63) is 15.2 Å². The molecule has 2 aromatic rings. The van der Waals surface area contributed by atoms with Crippen LogP contribution in [0.4, 0.5) is 0 Å². The fourth-order valence-electron chi connectivity index (χ4n) is 5.17. The molecule has 7 nitrogen and oxygen atoms in total. The summed E-state index contributed by atoms with van der Waals surface area (Å²) in [6, 6.07) is 2.06. The third-order valence-corrected chi connectivity index (χ3v) is 12.6. The third kappa shape index (κ3) is 4.92. The van der Waals surface area contributed by atoms with Gasteiger partial charge < -0.3 is 28.4 Å². The van der Waals surface area contributed by atoms with Gasteiger partial charge in [-0.1, -0.05) is 53.1 Å². The van der Waals surface area contributed by atoms with Crippen LogP contribution in [0, 0.1) is 9.49 Å². The zero-order valence-corrected chi connectivity index (χ0v) is 28.6. The van der Waals surface area contributed by atoms with Crippen LogP contribution in [0.1, 0.15) is 19.4 Å². The number of methoxy groups -OCH3 is 3. The van der Waals surface area contributed by atoms with Gasteiger partial charge in [-0.3, -0.25) is 0 Å². The predicted octanol–water partition coefficient (Wildman–Crippen LogP) is 5.60. The number of halogens is 1. The average Bonchev–Trinajstić information content (AvgIpc) is 3.50. The predicted molar refractivity (Wildman–Crippen MR) is 167 cm³/mol. The Balaban J connectivity index is 2.24. The van der Waals surface area contributed by atoms with Crippen LogP contribution in [0.5, 0.6) is 28.7 Å². The van der Waals surface area contributed by atoms with Crippen molar-refractivity contribution in [2.24, 2.45) is 10.9 Å². The van der Waals surface area contributed by atoms with Crippen molar-refractivity contribution in [1.82, 2.24) is 0 Å². The highest BCUT2D eigenvalue weighted by molar-refractivity contribution is 14.1. The van der Waals surface area contributed by atoms with E-state index in [9.17, 15) is 0 Å². The molecule has 0 saturated carbocycles. The van der Waals surface area contributed by atoms with Crippen molar-refractivity contribution in [3.63, 3.8) is 0 Å². The van der Waals surface area contributed by atoms with Gasteiger partial charge in [0.1, 0.15) is 6.61 Å². The molecule has 0 radical (unpaired) electrons. The molecule has 1 atom stereocenters.